The Hall–Kier alpha value is -3.07. The Morgan fingerprint density at radius 1 is 1.11 bits per heavy atom. The average molecular weight is 528 g/mol. The minimum absolute atomic E-state index is 0.116. The van der Waals surface area contributed by atoms with E-state index in [-0.39, 0.29) is 22.4 Å². The lowest BCUT2D eigenvalue weighted by molar-refractivity contribution is 0.249. The molecule has 1 unspecified atom stereocenters. The molecule has 9 heteroatoms. The van der Waals surface area contributed by atoms with Crippen molar-refractivity contribution in [3.63, 3.8) is 0 Å². The van der Waals surface area contributed by atoms with Crippen molar-refractivity contribution in [2.75, 3.05) is 19.5 Å². The van der Waals surface area contributed by atoms with Gasteiger partial charge in [0.15, 0.2) is 9.84 Å². The number of sulfone groups is 1. The van der Waals surface area contributed by atoms with Crippen LogP contribution in [0.1, 0.15) is 40.8 Å². The largest absolute Gasteiger partial charge is 0.495 e. The number of carbonyl (C=O) groups is 1. The molecule has 1 heterocycles. The monoisotopic (exact) mass is 527 g/mol. The molecule has 2 amide bonds. The Labute approximate surface area is 217 Å². The molecule has 36 heavy (non-hydrogen) atoms. The van der Waals surface area contributed by atoms with Crippen LogP contribution >= 0.6 is 11.6 Å². The number of urea groups is 1. The summed E-state index contributed by atoms with van der Waals surface area (Å²) in [4.78, 5) is 15.0. The first-order valence-corrected chi connectivity index (χ1v) is 13.6. The van der Waals surface area contributed by atoms with E-state index in [9.17, 15) is 13.2 Å². The SMILES string of the molecule is COc1cc(S(=O)(=O)Cc2ccc3c(c2)CN(C)C3)ccc1NC(=O)NC(C)c1cccc(C)c1Cl. The maximum absolute atomic E-state index is 13.2. The number of methoxy groups -OCH3 is 1. The molecule has 0 bridgehead atoms. The molecule has 4 rings (SSSR count). The molecule has 0 saturated carbocycles. The molecule has 0 saturated heterocycles. The number of rotatable bonds is 7. The second-order valence-electron chi connectivity index (χ2n) is 9.19. The summed E-state index contributed by atoms with van der Waals surface area (Å²) in [6.07, 6.45) is 0. The lowest BCUT2D eigenvalue weighted by Crippen LogP contribution is -2.31. The molecule has 3 aromatic rings. The van der Waals surface area contributed by atoms with Gasteiger partial charge in [-0.3, -0.25) is 4.90 Å². The summed E-state index contributed by atoms with van der Waals surface area (Å²) < 4.78 is 31.7. The van der Waals surface area contributed by atoms with Gasteiger partial charge in [-0.05, 0) is 60.8 Å². The number of nitrogens with one attached hydrogen (secondary N) is 2. The van der Waals surface area contributed by atoms with E-state index in [4.69, 9.17) is 16.3 Å². The summed E-state index contributed by atoms with van der Waals surface area (Å²) >= 11 is 6.38. The van der Waals surface area contributed by atoms with E-state index in [0.717, 1.165) is 35.3 Å². The number of anilines is 1. The fraction of sp³-hybridized carbons (Fsp3) is 0.296. The predicted molar refractivity (Wildman–Crippen MR) is 142 cm³/mol. The van der Waals surface area contributed by atoms with Crippen molar-refractivity contribution >= 4 is 33.2 Å². The number of ether oxygens (including phenoxy) is 1. The summed E-state index contributed by atoms with van der Waals surface area (Å²) in [5, 5.41) is 6.20. The minimum Gasteiger partial charge on any atom is -0.495 e. The molecular weight excluding hydrogens is 498 g/mol. The Balaban J connectivity index is 1.47. The molecule has 2 N–H and O–H groups in total. The lowest BCUT2D eigenvalue weighted by Gasteiger charge is -2.18. The van der Waals surface area contributed by atoms with Gasteiger partial charge in [-0.1, -0.05) is 48.0 Å². The van der Waals surface area contributed by atoms with Gasteiger partial charge >= 0.3 is 6.03 Å². The fourth-order valence-electron chi connectivity index (χ4n) is 4.42. The van der Waals surface area contributed by atoms with Crippen molar-refractivity contribution in [3.05, 3.63) is 87.4 Å². The van der Waals surface area contributed by atoms with Crippen molar-refractivity contribution in [1.82, 2.24) is 10.2 Å². The lowest BCUT2D eigenvalue weighted by atomic mass is 10.1. The Morgan fingerprint density at radius 2 is 1.86 bits per heavy atom. The molecule has 7 nitrogen and oxygen atoms in total. The molecule has 1 aliphatic heterocycles. The zero-order chi connectivity index (χ0) is 26.0. The predicted octanol–water partition coefficient (Wildman–Crippen LogP) is 5.46. The van der Waals surface area contributed by atoms with Crippen LogP contribution < -0.4 is 15.4 Å². The molecule has 0 spiro atoms. The van der Waals surface area contributed by atoms with Crippen LogP contribution in [0.25, 0.3) is 0 Å². The van der Waals surface area contributed by atoms with E-state index >= 15 is 0 Å². The third kappa shape index (κ3) is 5.67. The highest BCUT2D eigenvalue weighted by molar-refractivity contribution is 7.90. The summed E-state index contributed by atoms with van der Waals surface area (Å²) in [6, 6.07) is 15.1. The molecule has 0 aromatic heterocycles. The average Bonchev–Trinajstić information content (AvgIpc) is 3.19. The van der Waals surface area contributed by atoms with E-state index in [0.29, 0.717) is 10.7 Å². The van der Waals surface area contributed by atoms with Gasteiger partial charge in [0.25, 0.3) is 0 Å². The first kappa shape index (κ1) is 26.0. The number of halogens is 1. The quantitative estimate of drug-likeness (QED) is 0.426. The number of hydrogen-bond donors (Lipinski definition) is 2. The second-order valence-corrected chi connectivity index (χ2v) is 11.6. The van der Waals surface area contributed by atoms with Crippen LogP contribution in [0.5, 0.6) is 5.75 Å². The number of carbonyl (C=O) groups excluding carboxylic acids is 1. The van der Waals surface area contributed by atoms with Crippen molar-refractivity contribution < 1.29 is 17.9 Å². The Kier molecular flexibility index (Phi) is 7.59. The Bertz CT molecular complexity index is 1410. The topological polar surface area (TPSA) is 87.7 Å². The van der Waals surface area contributed by atoms with Gasteiger partial charge in [-0.25, -0.2) is 13.2 Å². The molecule has 190 valence electrons. The van der Waals surface area contributed by atoms with Gasteiger partial charge in [0.2, 0.25) is 0 Å². The molecule has 0 aliphatic carbocycles. The van der Waals surface area contributed by atoms with Crippen molar-refractivity contribution in [2.45, 2.75) is 43.6 Å². The summed E-state index contributed by atoms with van der Waals surface area (Å²) in [5.41, 5.74) is 5.22. The molecule has 0 fully saturated rings. The van der Waals surface area contributed by atoms with Crippen LogP contribution in [0, 0.1) is 6.92 Å². The van der Waals surface area contributed by atoms with Gasteiger partial charge in [-0.15, -0.1) is 0 Å². The smallest absolute Gasteiger partial charge is 0.319 e. The van der Waals surface area contributed by atoms with Crippen LogP contribution in [0.2, 0.25) is 5.02 Å². The first-order chi connectivity index (χ1) is 17.1. The van der Waals surface area contributed by atoms with Crippen LogP contribution in [-0.4, -0.2) is 33.5 Å². The zero-order valence-electron chi connectivity index (χ0n) is 20.8. The van der Waals surface area contributed by atoms with Crippen molar-refractivity contribution in [2.24, 2.45) is 0 Å². The third-order valence-corrected chi connectivity index (χ3v) is 8.53. The fourth-order valence-corrected chi connectivity index (χ4v) is 6.05. The van der Waals surface area contributed by atoms with Crippen LogP contribution in [-0.2, 0) is 28.7 Å². The minimum atomic E-state index is -3.62. The maximum Gasteiger partial charge on any atom is 0.319 e. The zero-order valence-corrected chi connectivity index (χ0v) is 22.3. The molecule has 1 atom stereocenters. The summed E-state index contributed by atoms with van der Waals surface area (Å²) in [5.74, 6) is 0.137. The van der Waals surface area contributed by atoms with Crippen molar-refractivity contribution in [1.29, 1.82) is 0 Å². The van der Waals surface area contributed by atoms with Gasteiger partial charge in [0.1, 0.15) is 5.75 Å². The first-order valence-electron chi connectivity index (χ1n) is 11.6. The summed E-state index contributed by atoms with van der Waals surface area (Å²) in [7, 11) is -0.152. The summed E-state index contributed by atoms with van der Waals surface area (Å²) in [6.45, 7) is 5.43. The van der Waals surface area contributed by atoms with E-state index in [2.05, 4.69) is 15.5 Å². The van der Waals surface area contributed by atoms with E-state index < -0.39 is 15.9 Å². The molecule has 1 aliphatic rings. The van der Waals surface area contributed by atoms with Gasteiger partial charge in [0, 0.05) is 24.2 Å². The molecule has 0 radical (unpaired) electrons. The van der Waals surface area contributed by atoms with E-state index in [1.807, 2.05) is 57.3 Å². The van der Waals surface area contributed by atoms with Crippen LogP contribution in [0.4, 0.5) is 10.5 Å². The standard InChI is InChI=1S/C27H30ClN3O4S/c1-17-6-5-7-23(26(17)28)18(2)29-27(32)30-24-11-10-22(13-25(24)35-4)36(33,34)16-19-8-9-20-14-31(3)15-21(20)12-19/h5-13,18H,14-16H2,1-4H3,(H2,29,30,32). The Morgan fingerprint density at radius 3 is 2.61 bits per heavy atom. The van der Waals surface area contributed by atoms with Gasteiger partial charge < -0.3 is 15.4 Å². The van der Waals surface area contributed by atoms with E-state index in [1.54, 1.807) is 0 Å². The molecule has 3 aromatic carbocycles. The van der Waals surface area contributed by atoms with Crippen molar-refractivity contribution in [3.8, 4) is 5.75 Å². The highest BCUT2D eigenvalue weighted by atomic mass is 35.5. The van der Waals surface area contributed by atoms with Gasteiger partial charge in [0.05, 0.1) is 29.5 Å². The highest BCUT2D eigenvalue weighted by Crippen LogP contribution is 2.31. The van der Waals surface area contributed by atoms with Crippen LogP contribution in [0.3, 0.4) is 0 Å². The second kappa shape index (κ2) is 10.5. The number of nitrogens with zero attached hydrogens (tertiary/aromatic N) is 1. The van der Waals surface area contributed by atoms with Gasteiger partial charge in [-0.2, -0.15) is 0 Å². The van der Waals surface area contributed by atoms with E-state index in [1.165, 1.54) is 30.9 Å². The normalized spacial score (nSPS) is 14.2. The number of benzene rings is 3. The van der Waals surface area contributed by atoms with Crippen LogP contribution in [0.15, 0.2) is 59.5 Å². The molecular formula is C27H30ClN3O4S. The number of amides is 2. The highest BCUT2D eigenvalue weighted by Gasteiger charge is 2.21. The third-order valence-electron chi connectivity index (χ3n) is 6.32. The maximum atomic E-state index is 13.2. The number of aryl methyl sites for hydroxylation is 1. The number of hydrogen-bond acceptors (Lipinski definition) is 5. The number of fused-ring (bicyclic) bond motifs is 1.